The van der Waals surface area contributed by atoms with E-state index in [-0.39, 0.29) is 11.4 Å². The largest absolute Gasteiger partial charge is 0.459 e. The Morgan fingerprint density at radius 3 is 2.67 bits per heavy atom. The van der Waals surface area contributed by atoms with Crippen LogP contribution < -0.4 is 4.74 Å². The number of rotatable bonds is 1. The van der Waals surface area contributed by atoms with Crippen molar-refractivity contribution >= 4 is 10.8 Å². The standard InChI is InChI=1S/C12H13FO2/c1-12(2,3)15-11-10-6-9(13)5-4-8(10)7-14-11/h4-7H,1-3H3. The number of benzene rings is 1. The molecule has 0 aliphatic heterocycles. The minimum Gasteiger partial charge on any atom is -0.459 e. The van der Waals surface area contributed by atoms with Gasteiger partial charge in [0.15, 0.2) is 0 Å². The second-order valence-corrected chi connectivity index (χ2v) is 4.47. The Balaban J connectivity index is 2.48. The molecule has 1 aromatic carbocycles. The Kier molecular flexibility index (Phi) is 2.18. The van der Waals surface area contributed by atoms with Crippen molar-refractivity contribution in [3.63, 3.8) is 0 Å². The van der Waals surface area contributed by atoms with Gasteiger partial charge in [0.1, 0.15) is 17.7 Å². The highest BCUT2D eigenvalue weighted by molar-refractivity contribution is 5.86. The van der Waals surface area contributed by atoms with Crippen molar-refractivity contribution in [1.29, 1.82) is 0 Å². The van der Waals surface area contributed by atoms with Crippen molar-refractivity contribution in [2.75, 3.05) is 0 Å². The van der Waals surface area contributed by atoms with Crippen LogP contribution >= 0.6 is 0 Å². The lowest BCUT2D eigenvalue weighted by atomic mass is 10.2. The maximum absolute atomic E-state index is 13.0. The molecule has 0 bridgehead atoms. The van der Waals surface area contributed by atoms with E-state index in [4.69, 9.17) is 9.15 Å². The van der Waals surface area contributed by atoms with Gasteiger partial charge in [-0.1, -0.05) is 0 Å². The van der Waals surface area contributed by atoms with Crippen molar-refractivity contribution in [3.05, 3.63) is 30.3 Å². The molecule has 2 nitrogen and oxygen atoms in total. The quantitative estimate of drug-likeness (QED) is 0.712. The average molecular weight is 208 g/mol. The van der Waals surface area contributed by atoms with Gasteiger partial charge in [-0.15, -0.1) is 0 Å². The maximum Gasteiger partial charge on any atom is 0.293 e. The van der Waals surface area contributed by atoms with E-state index in [1.807, 2.05) is 20.8 Å². The molecule has 0 fully saturated rings. The molecule has 0 spiro atoms. The van der Waals surface area contributed by atoms with Gasteiger partial charge in [0.2, 0.25) is 0 Å². The van der Waals surface area contributed by atoms with Crippen molar-refractivity contribution in [2.45, 2.75) is 26.4 Å². The molecule has 0 saturated carbocycles. The first-order chi connectivity index (χ1) is 6.96. The third kappa shape index (κ3) is 2.12. The summed E-state index contributed by atoms with van der Waals surface area (Å²) in [5.74, 6) is 0.0830. The minimum absolute atomic E-state index is 0.289. The number of hydrogen-bond donors (Lipinski definition) is 0. The molecule has 0 N–H and O–H groups in total. The lowest BCUT2D eigenvalue weighted by Crippen LogP contribution is -2.22. The predicted molar refractivity (Wildman–Crippen MR) is 56.6 cm³/mol. The van der Waals surface area contributed by atoms with E-state index in [1.165, 1.54) is 12.1 Å². The summed E-state index contributed by atoms with van der Waals surface area (Å²) in [6.07, 6.45) is 1.57. The van der Waals surface area contributed by atoms with Crippen LogP contribution in [0.2, 0.25) is 0 Å². The van der Waals surface area contributed by atoms with E-state index in [9.17, 15) is 4.39 Å². The van der Waals surface area contributed by atoms with Gasteiger partial charge in [0.05, 0.1) is 5.39 Å². The maximum atomic E-state index is 13.0. The monoisotopic (exact) mass is 208 g/mol. The van der Waals surface area contributed by atoms with Gasteiger partial charge < -0.3 is 9.15 Å². The van der Waals surface area contributed by atoms with Crippen LogP contribution in [0.15, 0.2) is 28.9 Å². The minimum atomic E-state index is -0.350. The highest BCUT2D eigenvalue weighted by atomic mass is 19.1. The van der Waals surface area contributed by atoms with Gasteiger partial charge in [-0.3, -0.25) is 0 Å². The molecular weight excluding hydrogens is 195 g/mol. The topological polar surface area (TPSA) is 22.4 Å². The highest BCUT2D eigenvalue weighted by Crippen LogP contribution is 2.30. The van der Waals surface area contributed by atoms with Crippen LogP contribution in [-0.4, -0.2) is 5.60 Å². The fourth-order valence-corrected chi connectivity index (χ4v) is 1.35. The molecule has 0 aliphatic carbocycles. The van der Waals surface area contributed by atoms with Gasteiger partial charge in [-0.2, -0.15) is 0 Å². The first-order valence-electron chi connectivity index (χ1n) is 4.81. The summed E-state index contributed by atoms with van der Waals surface area (Å²) in [6.45, 7) is 5.75. The number of hydrogen-bond acceptors (Lipinski definition) is 2. The van der Waals surface area contributed by atoms with E-state index in [1.54, 1.807) is 12.3 Å². The van der Waals surface area contributed by atoms with Crippen LogP contribution in [-0.2, 0) is 0 Å². The van der Waals surface area contributed by atoms with Crippen molar-refractivity contribution in [2.24, 2.45) is 0 Å². The lowest BCUT2D eigenvalue weighted by Gasteiger charge is -2.18. The van der Waals surface area contributed by atoms with Crippen LogP contribution in [0, 0.1) is 5.82 Å². The first-order valence-corrected chi connectivity index (χ1v) is 4.81. The molecule has 0 saturated heterocycles. The van der Waals surface area contributed by atoms with Gasteiger partial charge in [0.25, 0.3) is 5.95 Å². The van der Waals surface area contributed by atoms with Crippen LogP contribution in [0.1, 0.15) is 20.8 Å². The Morgan fingerprint density at radius 1 is 1.27 bits per heavy atom. The normalized spacial score (nSPS) is 12.0. The zero-order valence-corrected chi connectivity index (χ0v) is 9.00. The molecule has 1 heterocycles. The van der Waals surface area contributed by atoms with E-state index in [0.717, 1.165) is 5.39 Å². The molecule has 1 aromatic heterocycles. The van der Waals surface area contributed by atoms with E-state index in [0.29, 0.717) is 11.3 Å². The van der Waals surface area contributed by atoms with E-state index < -0.39 is 0 Å². The summed E-state index contributed by atoms with van der Waals surface area (Å²) in [6, 6.07) is 4.49. The van der Waals surface area contributed by atoms with Crippen molar-refractivity contribution in [3.8, 4) is 5.95 Å². The molecule has 15 heavy (non-hydrogen) atoms. The van der Waals surface area contributed by atoms with Crippen molar-refractivity contribution < 1.29 is 13.5 Å². The smallest absolute Gasteiger partial charge is 0.293 e. The zero-order chi connectivity index (χ0) is 11.1. The third-order valence-corrected chi connectivity index (χ3v) is 1.93. The molecular formula is C12H13FO2. The third-order valence-electron chi connectivity index (χ3n) is 1.93. The summed E-state index contributed by atoms with van der Waals surface area (Å²) in [5.41, 5.74) is -0.350. The second-order valence-electron chi connectivity index (χ2n) is 4.47. The molecule has 2 aromatic rings. The number of furan rings is 1. The number of halogens is 1. The summed E-state index contributed by atoms with van der Waals surface area (Å²) in [7, 11) is 0. The van der Waals surface area contributed by atoms with E-state index >= 15 is 0 Å². The van der Waals surface area contributed by atoms with Gasteiger partial charge in [0, 0.05) is 5.39 Å². The summed E-state index contributed by atoms with van der Waals surface area (Å²) in [4.78, 5) is 0. The molecule has 2 rings (SSSR count). The molecule has 0 unspecified atom stereocenters. The second kappa shape index (κ2) is 3.26. The molecule has 0 aliphatic rings. The lowest BCUT2D eigenvalue weighted by molar-refractivity contribution is 0.0976. The Hall–Kier alpha value is -1.51. The fraction of sp³-hybridized carbons (Fsp3) is 0.333. The first kappa shape index (κ1) is 10.0. The Bertz CT molecular complexity index is 480. The van der Waals surface area contributed by atoms with Crippen LogP contribution in [0.4, 0.5) is 4.39 Å². The summed E-state index contributed by atoms with van der Waals surface area (Å²) >= 11 is 0. The van der Waals surface area contributed by atoms with Crippen molar-refractivity contribution in [1.82, 2.24) is 0 Å². The number of fused-ring (bicyclic) bond motifs is 1. The summed E-state index contributed by atoms with van der Waals surface area (Å²) < 4.78 is 23.9. The Labute approximate surface area is 87.6 Å². The molecule has 80 valence electrons. The zero-order valence-electron chi connectivity index (χ0n) is 9.00. The number of ether oxygens (including phenoxy) is 1. The predicted octanol–water partition coefficient (Wildman–Crippen LogP) is 3.75. The molecule has 0 atom stereocenters. The van der Waals surface area contributed by atoms with E-state index in [2.05, 4.69) is 0 Å². The molecule has 3 heteroatoms. The van der Waals surface area contributed by atoms with Crippen LogP contribution in [0.3, 0.4) is 0 Å². The van der Waals surface area contributed by atoms with Gasteiger partial charge >= 0.3 is 0 Å². The Morgan fingerprint density at radius 2 is 2.00 bits per heavy atom. The van der Waals surface area contributed by atoms with Crippen LogP contribution in [0.5, 0.6) is 5.95 Å². The molecule has 0 amide bonds. The van der Waals surface area contributed by atoms with Gasteiger partial charge in [-0.05, 0) is 39.0 Å². The van der Waals surface area contributed by atoms with Gasteiger partial charge in [-0.25, -0.2) is 4.39 Å². The average Bonchev–Trinajstić information content (AvgIpc) is 2.46. The SMILES string of the molecule is CC(C)(C)Oc1occ2ccc(F)cc12. The highest BCUT2D eigenvalue weighted by Gasteiger charge is 2.17. The molecule has 0 radical (unpaired) electrons. The van der Waals surface area contributed by atoms with Crippen LogP contribution in [0.25, 0.3) is 10.8 Å². The summed E-state index contributed by atoms with van der Waals surface area (Å²) in [5, 5.41) is 1.51. The fourth-order valence-electron chi connectivity index (χ4n) is 1.35.